The van der Waals surface area contributed by atoms with Crippen molar-refractivity contribution in [3.8, 4) is 5.75 Å². The quantitative estimate of drug-likeness (QED) is 0.442. The minimum atomic E-state index is -4.73. The highest BCUT2D eigenvalue weighted by Gasteiger charge is 2.35. The Morgan fingerprint density at radius 3 is 1.87 bits per heavy atom. The molecule has 0 spiro atoms. The molecule has 0 N–H and O–H groups in total. The van der Waals surface area contributed by atoms with E-state index in [4.69, 9.17) is 0 Å². The molecule has 0 radical (unpaired) electrons. The number of hydrogen-bond acceptors (Lipinski definition) is 2. The normalized spacial score (nSPS) is 12.1. The molecule has 0 aliphatic carbocycles. The van der Waals surface area contributed by atoms with Crippen LogP contribution >= 0.6 is 0 Å². The molecular formula is C15H8F6O2. The zero-order chi connectivity index (χ0) is 17.3. The molecule has 2 rings (SSSR count). The van der Waals surface area contributed by atoms with Crippen LogP contribution in [0.4, 0.5) is 26.3 Å². The summed E-state index contributed by atoms with van der Waals surface area (Å²) < 4.78 is 80.2. The van der Waals surface area contributed by atoms with E-state index >= 15 is 0 Å². The standard InChI is InChI=1S/C15H8F6O2/c16-14(17,18)10-7-5-9(6-8-10)13(22)23-12-4-2-1-3-11(12)15(19,20)21/h1-8H. The van der Waals surface area contributed by atoms with Gasteiger partial charge < -0.3 is 4.74 Å². The highest BCUT2D eigenvalue weighted by Crippen LogP contribution is 2.36. The second kappa shape index (κ2) is 5.94. The molecular weight excluding hydrogens is 326 g/mol. The van der Waals surface area contributed by atoms with Crippen LogP contribution in [0.25, 0.3) is 0 Å². The van der Waals surface area contributed by atoms with Crippen LogP contribution in [0.3, 0.4) is 0 Å². The van der Waals surface area contributed by atoms with Gasteiger partial charge in [-0.25, -0.2) is 4.79 Å². The lowest BCUT2D eigenvalue weighted by Gasteiger charge is -2.12. The third-order valence-corrected chi connectivity index (χ3v) is 2.84. The number of benzene rings is 2. The summed E-state index contributed by atoms with van der Waals surface area (Å²) in [6.45, 7) is 0. The largest absolute Gasteiger partial charge is 0.422 e. The Morgan fingerprint density at radius 2 is 1.35 bits per heavy atom. The summed E-state index contributed by atoms with van der Waals surface area (Å²) in [4.78, 5) is 11.8. The van der Waals surface area contributed by atoms with Gasteiger partial charge in [-0.1, -0.05) is 12.1 Å². The summed E-state index contributed by atoms with van der Waals surface area (Å²) in [5.41, 5.74) is -2.43. The van der Waals surface area contributed by atoms with E-state index in [1.54, 1.807) is 0 Å². The minimum absolute atomic E-state index is 0.296. The van der Waals surface area contributed by atoms with Gasteiger partial charge in [-0.15, -0.1) is 0 Å². The molecule has 0 aliphatic rings. The summed E-state index contributed by atoms with van der Waals surface area (Å²) >= 11 is 0. The van der Waals surface area contributed by atoms with Crippen molar-refractivity contribution < 1.29 is 35.9 Å². The first kappa shape index (κ1) is 16.9. The molecule has 0 atom stereocenters. The summed E-state index contributed by atoms with van der Waals surface area (Å²) in [6, 6.07) is 7.00. The Kier molecular flexibility index (Phi) is 4.35. The van der Waals surface area contributed by atoms with Crippen LogP contribution in [0, 0.1) is 0 Å². The maximum Gasteiger partial charge on any atom is 0.419 e. The van der Waals surface area contributed by atoms with E-state index in [9.17, 15) is 31.1 Å². The average Bonchev–Trinajstić information content (AvgIpc) is 2.46. The molecule has 23 heavy (non-hydrogen) atoms. The van der Waals surface area contributed by atoms with Gasteiger partial charge in [-0.2, -0.15) is 26.3 Å². The SMILES string of the molecule is O=C(Oc1ccccc1C(F)(F)F)c1ccc(C(F)(F)F)cc1. The number of carbonyl (C=O) groups is 1. The van der Waals surface area contributed by atoms with Gasteiger partial charge in [0.15, 0.2) is 0 Å². The summed E-state index contributed by atoms with van der Waals surface area (Å²) in [5.74, 6) is -1.90. The zero-order valence-corrected chi connectivity index (χ0v) is 11.2. The van der Waals surface area contributed by atoms with E-state index in [1.807, 2.05) is 0 Å². The number of carbonyl (C=O) groups excluding carboxylic acids is 1. The maximum absolute atomic E-state index is 12.8. The van der Waals surface area contributed by atoms with E-state index in [0.29, 0.717) is 12.1 Å². The van der Waals surface area contributed by atoms with Crippen molar-refractivity contribution in [3.05, 3.63) is 65.2 Å². The Labute approximate surface area is 126 Å². The number of hydrogen-bond donors (Lipinski definition) is 0. The third-order valence-electron chi connectivity index (χ3n) is 2.84. The molecule has 2 nitrogen and oxygen atoms in total. The molecule has 2 aromatic rings. The second-order valence-corrected chi connectivity index (χ2v) is 4.46. The van der Waals surface area contributed by atoms with Crippen molar-refractivity contribution in [1.82, 2.24) is 0 Å². The number of alkyl halides is 6. The molecule has 8 heteroatoms. The molecule has 122 valence electrons. The molecule has 0 aliphatic heterocycles. The van der Waals surface area contributed by atoms with Crippen LogP contribution in [-0.2, 0) is 12.4 Å². The van der Waals surface area contributed by atoms with Crippen LogP contribution < -0.4 is 4.74 Å². The highest BCUT2D eigenvalue weighted by molar-refractivity contribution is 5.91. The van der Waals surface area contributed by atoms with E-state index < -0.39 is 35.2 Å². The molecule has 0 fully saturated rings. The number of esters is 1. The van der Waals surface area contributed by atoms with E-state index in [0.717, 1.165) is 30.3 Å². The van der Waals surface area contributed by atoms with Gasteiger partial charge in [0.2, 0.25) is 0 Å². The predicted octanol–water partition coefficient (Wildman–Crippen LogP) is 4.94. The fourth-order valence-electron chi connectivity index (χ4n) is 1.74. The van der Waals surface area contributed by atoms with Crippen LogP contribution in [-0.4, -0.2) is 5.97 Å². The van der Waals surface area contributed by atoms with Crippen molar-refractivity contribution in [2.45, 2.75) is 12.4 Å². The molecule has 0 unspecified atom stereocenters. The maximum atomic E-state index is 12.8. The number of halogens is 6. The lowest BCUT2D eigenvalue weighted by Crippen LogP contribution is -2.14. The van der Waals surface area contributed by atoms with Crippen molar-refractivity contribution in [2.75, 3.05) is 0 Å². The molecule has 0 heterocycles. The zero-order valence-electron chi connectivity index (χ0n) is 11.2. The van der Waals surface area contributed by atoms with Crippen molar-refractivity contribution in [2.24, 2.45) is 0 Å². The van der Waals surface area contributed by atoms with Crippen LogP contribution in [0.5, 0.6) is 5.75 Å². The van der Waals surface area contributed by atoms with Crippen LogP contribution in [0.15, 0.2) is 48.5 Å². The highest BCUT2D eigenvalue weighted by atomic mass is 19.4. The average molecular weight is 334 g/mol. The van der Waals surface area contributed by atoms with Crippen molar-refractivity contribution >= 4 is 5.97 Å². The third kappa shape index (κ3) is 4.02. The predicted molar refractivity (Wildman–Crippen MR) is 67.8 cm³/mol. The monoisotopic (exact) mass is 334 g/mol. The Bertz CT molecular complexity index is 701. The van der Waals surface area contributed by atoms with Gasteiger partial charge >= 0.3 is 18.3 Å². The van der Waals surface area contributed by atoms with Gasteiger partial charge in [0.1, 0.15) is 5.75 Å². The van der Waals surface area contributed by atoms with Gasteiger partial charge in [0, 0.05) is 0 Å². The van der Waals surface area contributed by atoms with Crippen LogP contribution in [0.2, 0.25) is 0 Å². The van der Waals surface area contributed by atoms with E-state index in [-0.39, 0.29) is 5.56 Å². The molecule has 2 aromatic carbocycles. The second-order valence-electron chi connectivity index (χ2n) is 4.46. The smallest absolute Gasteiger partial charge is 0.419 e. The lowest BCUT2D eigenvalue weighted by molar-refractivity contribution is -0.139. The van der Waals surface area contributed by atoms with Crippen molar-refractivity contribution in [3.63, 3.8) is 0 Å². The summed E-state index contributed by atoms with van der Waals surface area (Å²) in [5, 5.41) is 0. The molecule has 0 amide bonds. The van der Waals surface area contributed by atoms with Gasteiger partial charge in [-0.05, 0) is 36.4 Å². The number of rotatable bonds is 2. The molecule has 0 aromatic heterocycles. The lowest BCUT2D eigenvalue weighted by atomic mass is 10.1. The fraction of sp³-hybridized carbons (Fsp3) is 0.133. The summed E-state index contributed by atoms with van der Waals surface area (Å²) in [6.07, 6.45) is -9.30. The Morgan fingerprint density at radius 1 is 0.783 bits per heavy atom. The van der Waals surface area contributed by atoms with Crippen molar-refractivity contribution in [1.29, 1.82) is 0 Å². The topological polar surface area (TPSA) is 26.3 Å². The molecule has 0 saturated carbocycles. The van der Waals surface area contributed by atoms with E-state index in [2.05, 4.69) is 4.74 Å². The van der Waals surface area contributed by atoms with Crippen LogP contribution in [0.1, 0.15) is 21.5 Å². The van der Waals surface area contributed by atoms with Gasteiger partial charge in [-0.3, -0.25) is 0 Å². The fourth-order valence-corrected chi connectivity index (χ4v) is 1.74. The number of ether oxygens (including phenoxy) is 1. The first-order valence-corrected chi connectivity index (χ1v) is 6.14. The Balaban J connectivity index is 2.24. The Hall–Kier alpha value is -2.51. The van der Waals surface area contributed by atoms with E-state index in [1.165, 1.54) is 6.07 Å². The first-order valence-electron chi connectivity index (χ1n) is 6.14. The first-order chi connectivity index (χ1) is 10.6. The molecule has 0 saturated heterocycles. The van der Waals surface area contributed by atoms with Gasteiger partial charge in [0.25, 0.3) is 0 Å². The summed E-state index contributed by atoms with van der Waals surface area (Å²) in [7, 11) is 0. The van der Waals surface area contributed by atoms with Gasteiger partial charge in [0.05, 0.1) is 16.7 Å². The molecule has 0 bridgehead atoms. The number of para-hydroxylation sites is 1. The minimum Gasteiger partial charge on any atom is -0.422 e.